The van der Waals surface area contributed by atoms with Crippen LogP contribution in [0.2, 0.25) is 0 Å². The van der Waals surface area contributed by atoms with E-state index < -0.39 is 17.6 Å². The lowest BCUT2D eigenvalue weighted by atomic mass is 9.45. The van der Waals surface area contributed by atoms with Crippen molar-refractivity contribution < 1.29 is 24.9 Å². The average molecular weight is 350 g/mol. The summed E-state index contributed by atoms with van der Waals surface area (Å²) in [5.41, 5.74) is 0.0454. The van der Waals surface area contributed by atoms with Crippen molar-refractivity contribution in [3.8, 4) is 0 Å². The second-order valence-electron chi connectivity index (χ2n) is 8.61. The second kappa shape index (κ2) is 6.53. The van der Waals surface area contributed by atoms with Crippen LogP contribution in [-0.4, -0.2) is 40.1 Å². The Bertz CT molecular complexity index is 585. The number of esters is 1. The lowest BCUT2D eigenvalue weighted by Crippen LogP contribution is -2.59. The Hall–Kier alpha value is -1.17. The second-order valence-corrected chi connectivity index (χ2v) is 8.61. The molecule has 0 amide bonds. The minimum atomic E-state index is -0.634. The number of fused-ring (bicyclic) bond motifs is 1. The van der Waals surface area contributed by atoms with Crippen molar-refractivity contribution in [2.24, 2.45) is 28.6 Å². The molecule has 5 nitrogen and oxygen atoms in total. The van der Waals surface area contributed by atoms with Crippen LogP contribution < -0.4 is 0 Å². The highest BCUT2D eigenvalue weighted by Crippen LogP contribution is 2.61. The molecule has 2 fully saturated rings. The molecule has 0 aromatic carbocycles. The Kier molecular flexibility index (Phi) is 4.86. The maximum Gasteiger partial charge on any atom is 0.317 e. The summed E-state index contributed by atoms with van der Waals surface area (Å²) in [7, 11) is 0. The molecule has 25 heavy (non-hydrogen) atoms. The van der Waals surface area contributed by atoms with Crippen molar-refractivity contribution in [3.05, 3.63) is 24.5 Å². The SMILES string of the molecule is C=C1[C@H](O)C[C@@H]2[C@](C)(CO)[C@H](O)CC[C@@]2(C)[C@@H]1CC[C@H]1C=COC1=O. The van der Waals surface area contributed by atoms with Crippen LogP contribution in [0.4, 0.5) is 0 Å². The molecule has 2 aliphatic carbocycles. The predicted octanol–water partition coefficient (Wildman–Crippen LogP) is 2.17. The van der Waals surface area contributed by atoms with E-state index in [1.54, 1.807) is 6.08 Å². The first kappa shape index (κ1) is 18.6. The number of rotatable bonds is 4. The number of ether oxygens (including phenoxy) is 1. The fourth-order valence-electron chi connectivity index (χ4n) is 5.58. The highest BCUT2D eigenvalue weighted by atomic mass is 16.5. The Morgan fingerprint density at radius 2 is 2.04 bits per heavy atom. The number of hydrogen-bond acceptors (Lipinski definition) is 5. The molecular formula is C20H30O5. The van der Waals surface area contributed by atoms with Gasteiger partial charge in [-0.3, -0.25) is 4.79 Å². The molecule has 3 rings (SSSR count). The monoisotopic (exact) mass is 350 g/mol. The fraction of sp³-hybridized carbons (Fsp3) is 0.750. The zero-order valence-corrected chi connectivity index (χ0v) is 15.1. The van der Waals surface area contributed by atoms with E-state index in [1.165, 1.54) is 6.26 Å². The summed E-state index contributed by atoms with van der Waals surface area (Å²) in [6.45, 7) is 8.18. The normalized spacial score (nSPS) is 46.8. The Balaban J connectivity index is 1.86. The van der Waals surface area contributed by atoms with E-state index in [1.807, 2.05) is 6.92 Å². The summed E-state index contributed by atoms with van der Waals surface area (Å²) in [6, 6.07) is 0. The third-order valence-electron chi connectivity index (χ3n) is 7.35. The molecule has 0 radical (unpaired) electrons. The summed E-state index contributed by atoms with van der Waals surface area (Å²) in [4.78, 5) is 11.7. The van der Waals surface area contributed by atoms with Gasteiger partial charge in [0, 0.05) is 5.41 Å². The molecule has 7 atom stereocenters. The molecule has 0 unspecified atom stereocenters. The molecule has 0 bridgehead atoms. The molecule has 0 saturated heterocycles. The highest BCUT2D eigenvalue weighted by molar-refractivity contribution is 5.77. The molecule has 0 spiro atoms. The molecule has 3 N–H and O–H groups in total. The first-order valence-electron chi connectivity index (χ1n) is 9.27. The number of aliphatic hydroxyl groups is 3. The van der Waals surface area contributed by atoms with Crippen LogP contribution in [0, 0.1) is 28.6 Å². The van der Waals surface area contributed by atoms with Crippen LogP contribution in [0.3, 0.4) is 0 Å². The number of carbonyl (C=O) groups is 1. The van der Waals surface area contributed by atoms with E-state index in [9.17, 15) is 20.1 Å². The molecule has 1 aliphatic heterocycles. The summed E-state index contributed by atoms with van der Waals surface area (Å²) < 4.78 is 4.89. The third kappa shape index (κ3) is 2.86. The van der Waals surface area contributed by atoms with Gasteiger partial charge in [0.15, 0.2) is 0 Å². The molecule has 0 aromatic heterocycles. The van der Waals surface area contributed by atoms with Crippen LogP contribution in [0.15, 0.2) is 24.5 Å². The summed E-state index contributed by atoms with van der Waals surface area (Å²) >= 11 is 0. The van der Waals surface area contributed by atoms with E-state index in [2.05, 4.69) is 13.5 Å². The first-order valence-corrected chi connectivity index (χ1v) is 9.27. The molecular weight excluding hydrogens is 320 g/mol. The van der Waals surface area contributed by atoms with Crippen molar-refractivity contribution in [2.45, 2.75) is 58.2 Å². The molecule has 1 heterocycles. The van der Waals surface area contributed by atoms with Crippen LogP contribution in [-0.2, 0) is 9.53 Å². The minimum Gasteiger partial charge on any atom is -0.434 e. The number of hydrogen-bond donors (Lipinski definition) is 3. The van der Waals surface area contributed by atoms with Gasteiger partial charge in [0.1, 0.15) is 0 Å². The van der Waals surface area contributed by atoms with Gasteiger partial charge in [-0.15, -0.1) is 0 Å². The molecule has 3 aliphatic rings. The van der Waals surface area contributed by atoms with E-state index >= 15 is 0 Å². The van der Waals surface area contributed by atoms with Crippen LogP contribution >= 0.6 is 0 Å². The van der Waals surface area contributed by atoms with Gasteiger partial charge in [-0.2, -0.15) is 0 Å². The van der Waals surface area contributed by atoms with Gasteiger partial charge < -0.3 is 20.1 Å². The van der Waals surface area contributed by atoms with Crippen molar-refractivity contribution in [3.63, 3.8) is 0 Å². The zero-order chi connectivity index (χ0) is 18.4. The summed E-state index contributed by atoms with van der Waals surface area (Å²) in [5, 5.41) is 31.1. The van der Waals surface area contributed by atoms with E-state index in [4.69, 9.17) is 4.74 Å². The predicted molar refractivity (Wildman–Crippen MR) is 93.2 cm³/mol. The van der Waals surface area contributed by atoms with Crippen molar-refractivity contribution >= 4 is 5.97 Å². The van der Waals surface area contributed by atoms with Crippen molar-refractivity contribution in [1.82, 2.24) is 0 Å². The first-order chi connectivity index (χ1) is 11.7. The van der Waals surface area contributed by atoms with E-state index in [0.29, 0.717) is 19.3 Å². The Morgan fingerprint density at radius 3 is 2.64 bits per heavy atom. The minimum absolute atomic E-state index is 0.00493. The van der Waals surface area contributed by atoms with Gasteiger partial charge in [0.25, 0.3) is 0 Å². The standard InChI is InChI=1S/C20H30O5/c1-12-14(5-4-13-7-9-25-18(13)24)19(2)8-6-17(23)20(3,11-21)16(19)10-15(12)22/h7,9,13-17,21-23H,1,4-6,8,10-11H2,2-3H3/t13-,14+,15+,16-,17+,19-,20-/m0/s1. The maximum atomic E-state index is 11.7. The van der Waals surface area contributed by atoms with Crippen LogP contribution in [0.5, 0.6) is 0 Å². The maximum absolute atomic E-state index is 11.7. The van der Waals surface area contributed by atoms with Crippen molar-refractivity contribution in [1.29, 1.82) is 0 Å². The van der Waals surface area contributed by atoms with E-state index in [-0.39, 0.29) is 35.7 Å². The zero-order valence-electron chi connectivity index (χ0n) is 15.1. The van der Waals surface area contributed by atoms with Gasteiger partial charge >= 0.3 is 5.97 Å². The fourth-order valence-corrected chi connectivity index (χ4v) is 5.58. The van der Waals surface area contributed by atoms with Crippen LogP contribution in [0.25, 0.3) is 0 Å². The summed E-state index contributed by atoms with van der Waals surface area (Å²) in [6.07, 6.45) is 5.41. The van der Waals surface area contributed by atoms with Gasteiger partial charge in [-0.05, 0) is 61.0 Å². The number of cyclic esters (lactones) is 1. The van der Waals surface area contributed by atoms with Gasteiger partial charge in [0.2, 0.25) is 0 Å². The average Bonchev–Trinajstić information content (AvgIpc) is 2.99. The van der Waals surface area contributed by atoms with E-state index in [0.717, 1.165) is 18.4 Å². The lowest BCUT2D eigenvalue weighted by molar-refractivity contribution is -0.165. The number of aliphatic hydroxyl groups excluding tert-OH is 3. The Labute approximate surface area is 149 Å². The largest absolute Gasteiger partial charge is 0.434 e. The molecule has 140 valence electrons. The molecule has 2 saturated carbocycles. The smallest absolute Gasteiger partial charge is 0.317 e. The topological polar surface area (TPSA) is 87.0 Å². The quantitative estimate of drug-likeness (QED) is 0.534. The Morgan fingerprint density at radius 1 is 1.32 bits per heavy atom. The third-order valence-corrected chi connectivity index (χ3v) is 7.35. The lowest BCUT2D eigenvalue weighted by Gasteiger charge is -2.60. The number of carbonyl (C=O) groups excluding carboxylic acids is 1. The van der Waals surface area contributed by atoms with Gasteiger partial charge in [0.05, 0.1) is 31.0 Å². The van der Waals surface area contributed by atoms with Crippen molar-refractivity contribution in [2.75, 3.05) is 6.61 Å². The van der Waals surface area contributed by atoms with Gasteiger partial charge in [-0.25, -0.2) is 0 Å². The van der Waals surface area contributed by atoms with Crippen LogP contribution in [0.1, 0.15) is 46.0 Å². The highest BCUT2D eigenvalue weighted by Gasteiger charge is 2.59. The summed E-state index contributed by atoms with van der Waals surface area (Å²) in [5.74, 6) is -0.387. The van der Waals surface area contributed by atoms with Gasteiger partial charge in [-0.1, -0.05) is 20.4 Å². The molecule has 0 aromatic rings. The molecule has 5 heteroatoms.